The second kappa shape index (κ2) is 9.78. The molecule has 1 amide bonds. The van der Waals surface area contributed by atoms with Gasteiger partial charge in [0.15, 0.2) is 0 Å². The maximum atomic E-state index is 13.5. The predicted molar refractivity (Wildman–Crippen MR) is 124 cm³/mol. The molecule has 2 fully saturated rings. The molecule has 2 aliphatic rings. The van der Waals surface area contributed by atoms with Gasteiger partial charge in [-0.05, 0) is 48.6 Å². The summed E-state index contributed by atoms with van der Waals surface area (Å²) in [5.74, 6) is 0.770. The van der Waals surface area contributed by atoms with Crippen LogP contribution in [0, 0.1) is 22.7 Å². The highest BCUT2D eigenvalue weighted by Crippen LogP contribution is 2.44. The van der Waals surface area contributed by atoms with Crippen molar-refractivity contribution in [1.29, 1.82) is 5.26 Å². The Labute approximate surface area is 202 Å². The van der Waals surface area contributed by atoms with Crippen molar-refractivity contribution < 1.29 is 27.8 Å². The zero-order chi connectivity index (χ0) is 25.2. The number of carbonyl (C=O) groups excluding carboxylic acids is 1. The third-order valence-electron chi connectivity index (χ3n) is 7.33. The number of alkyl halides is 3. The molecule has 2 saturated heterocycles. The van der Waals surface area contributed by atoms with Gasteiger partial charge in [0.2, 0.25) is 5.91 Å². The van der Waals surface area contributed by atoms with Crippen molar-refractivity contribution >= 4 is 11.6 Å². The summed E-state index contributed by atoms with van der Waals surface area (Å²) in [7, 11) is 1.59. The van der Waals surface area contributed by atoms with Crippen LogP contribution in [0.15, 0.2) is 42.5 Å². The Kier molecular flexibility index (Phi) is 6.95. The minimum atomic E-state index is -4.63. The van der Waals surface area contributed by atoms with E-state index in [2.05, 4.69) is 0 Å². The number of amides is 1. The maximum absolute atomic E-state index is 13.5. The summed E-state index contributed by atoms with van der Waals surface area (Å²) in [5.41, 5.74) is -0.666. The lowest BCUT2D eigenvalue weighted by Crippen LogP contribution is -2.52. The molecular formula is C26H28F3N3O3. The van der Waals surface area contributed by atoms with E-state index in [1.165, 1.54) is 12.1 Å². The molecule has 0 bridgehead atoms. The Morgan fingerprint density at radius 3 is 2.71 bits per heavy atom. The second-order valence-corrected chi connectivity index (χ2v) is 9.35. The largest absolute Gasteiger partial charge is 0.496 e. The van der Waals surface area contributed by atoms with Crippen molar-refractivity contribution in [2.45, 2.75) is 25.4 Å². The van der Waals surface area contributed by atoms with E-state index < -0.39 is 22.7 Å². The lowest BCUT2D eigenvalue weighted by atomic mass is 9.74. The Hall–Kier alpha value is -3.25. The fourth-order valence-corrected chi connectivity index (χ4v) is 5.39. The molecule has 0 saturated carbocycles. The highest BCUT2D eigenvalue weighted by Gasteiger charge is 2.50. The number of hydrogen-bond donors (Lipinski definition) is 1. The Morgan fingerprint density at radius 1 is 1.26 bits per heavy atom. The van der Waals surface area contributed by atoms with Gasteiger partial charge in [-0.3, -0.25) is 4.79 Å². The molecular weight excluding hydrogens is 459 g/mol. The summed E-state index contributed by atoms with van der Waals surface area (Å²) in [6, 6.07) is 12.9. The van der Waals surface area contributed by atoms with Gasteiger partial charge in [-0.15, -0.1) is 0 Å². The van der Waals surface area contributed by atoms with E-state index in [1.54, 1.807) is 18.1 Å². The fourth-order valence-electron chi connectivity index (χ4n) is 5.39. The topological polar surface area (TPSA) is 76.8 Å². The summed E-state index contributed by atoms with van der Waals surface area (Å²) in [4.78, 5) is 16.6. The number of carbonyl (C=O) groups is 1. The number of methoxy groups -OCH3 is 1. The van der Waals surface area contributed by atoms with E-state index in [4.69, 9.17) is 10.00 Å². The van der Waals surface area contributed by atoms with E-state index >= 15 is 0 Å². The maximum Gasteiger partial charge on any atom is 0.417 e. The van der Waals surface area contributed by atoms with Gasteiger partial charge in [0.1, 0.15) is 5.75 Å². The first-order valence-electron chi connectivity index (χ1n) is 11.6. The molecule has 35 heavy (non-hydrogen) atoms. The summed E-state index contributed by atoms with van der Waals surface area (Å²) in [6.07, 6.45) is -3.12. The smallest absolute Gasteiger partial charge is 0.417 e. The van der Waals surface area contributed by atoms with Gasteiger partial charge in [0.05, 0.1) is 30.9 Å². The van der Waals surface area contributed by atoms with Crippen LogP contribution in [0.1, 0.15) is 29.5 Å². The van der Waals surface area contributed by atoms with Crippen LogP contribution in [-0.4, -0.2) is 55.8 Å². The number of anilines is 1. The number of halogens is 3. The van der Waals surface area contributed by atoms with Gasteiger partial charge in [-0.2, -0.15) is 18.4 Å². The molecule has 0 aromatic heterocycles. The molecule has 2 aromatic carbocycles. The average Bonchev–Trinajstić information content (AvgIpc) is 3.26. The van der Waals surface area contributed by atoms with E-state index in [0.29, 0.717) is 51.1 Å². The van der Waals surface area contributed by atoms with Gasteiger partial charge in [0.25, 0.3) is 0 Å². The van der Waals surface area contributed by atoms with Gasteiger partial charge < -0.3 is 19.6 Å². The van der Waals surface area contributed by atoms with E-state index in [1.807, 2.05) is 29.2 Å². The minimum absolute atomic E-state index is 0.0154. The van der Waals surface area contributed by atoms with Crippen molar-refractivity contribution in [2.75, 3.05) is 44.8 Å². The van der Waals surface area contributed by atoms with Crippen molar-refractivity contribution in [3.05, 3.63) is 59.2 Å². The van der Waals surface area contributed by atoms with E-state index in [0.717, 1.165) is 17.4 Å². The monoisotopic (exact) mass is 487 g/mol. The number of aryl methyl sites for hydroxylation is 1. The molecule has 6 nitrogen and oxygen atoms in total. The van der Waals surface area contributed by atoms with E-state index in [-0.39, 0.29) is 18.4 Å². The highest BCUT2D eigenvalue weighted by molar-refractivity contribution is 5.77. The summed E-state index contributed by atoms with van der Waals surface area (Å²) < 4.78 is 45.7. The number of para-hydroxylation sites is 1. The Morgan fingerprint density at radius 2 is 2.03 bits per heavy atom. The van der Waals surface area contributed by atoms with Crippen LogP contribution in [-0.2, 0) is 17.4 Å². The first-order valence-corrected chi connectivity index (χ1v) is 11.6. The fraction of sp³-hybridized carbons (Fsp3) is 0.462. The zero-order valence-electron chi connectivity index (χ0n) is 19.5. The quantitative estimate of drug-likeness (QED) is 0.670. The highest BCUT2D eigenvalue weighted by atomic mass is 19.4. The van der Waals surface area contributed by atoms with Crippen LogP contribution in [0.4, 0.5) is 18.9 Å². The number of benzene rings is 2. The molecule has 2 aromatic rings. The van der Waals surface area contributed by atoms with Crippen LogP contribution in [0.3, 0.4) is 0 Å². The summed E-state index contributed by atoms with van der Waals surface area (Å²) >= 11 is 0. The normalized spacial score (nSPS) is 22.0. The predicted octanol–water partition coefficient (Wildman–Crippen LogP) is 3.87. The SMILES string of the molecule is COc1ccccc1CCC(=O)N1CC[C@H]2CN(c3ccc(C#N)c(C(F)(F)F)c3)C[C@@]2(CO)C1. The molecule has 0 spiro atoms. The van der Waals surface area contributed by atoms with E-state index in [9.17, 15) is 23.1 Å². The first-order chi connectivity index (χ1) is 16.7. The third-order valence-corrected chi connectivity index (χ3v) is 7.33. The molecule has 1 N–H and O–H groups in total. The van der Waals surface area contributed by atoms with Crippen LogP contribution in [0.2, 0.25) is 0 Å². The van der Waals surface area contributed by atoms with Gasteiger partial charge >= 0.3 is 6.18 Å². The van der Waals surface area contributed by atoms with Crippen molar-refractivity contribution in [3.63, 3.8) is 0 Å². The molecule has 0 unspecified atom stereocenters. The molecule has 9 heteroatoms. The van der Waals surface area contributed by atoms with Crippen LogP contribution in [0.25, 0.3) is 0 Å². The number of rotatable bonds is 6. The molecule has 2 atom stereocenters. The minimum Gasteiger partial charge on any atom is -0.496 e. The zero-order valence-corrected chi connectivity index (χ0v) is 19.5. The third kappa shape index (κ3) is 4.94. The number of aliphatic hydroxyl groups excluding tert-OH is 1. The standard InChI is InChI=1S/C26H28F3N3O3/c1-35-23-5-3-2-4-18(23)7-9-24(34)31-11-10-20-14-32(16-25(20,15-31)17-33)21-8-6-19(13-30)22(12-21)26(27,28)29/h2-6,8,12,20,33H,7,9-11,14-17H2,1H3/t20-,25+/m0/s1. The Bertz CT molecular complexity index is 1130. The molecule has 2 heterocycles. The van der Waals surface area contributed by atoms with Crippen LogP contribution >= 0.6 is 0 Å². The number of nitriles is 1. The number of hydrogen-bond acceptors (Lipinski definition) is 5. The second-order valence-electron chi connectivity index (χ2n) is 9.35. The van der Waals surface area contributed by atoms with Crippen molar-refractivity contribution in [1.82, 2.24) is 4.90 Å². The lowest BCUT2D eigenvalue weighted by molar-refractivity contribution is -0.138. The van der Waals surface area contributed by atoms with Crippen molar-refractivity contribution in [3.8, 4) is 11.8 Å². The molecule has 0 radical (unpaired) electrons. The molecule has 4 rings (SSSR count). The Balaban J connectivity index is 1.47. The molecule has 186 valence electrons. The first kappa shape index (κ1) is 24.9. The number of ether oxygens (including phenoxy) is 1. The number of likely N-dealkylation sites (tertiary alicyclic amines) is 1. The summed E-state index contributed by atoms with van der Waals surface area (Å²) in [6.45, 7) is 1.58. The lowest BCUT2D eigenvalue weighted by Gasteiger charge is -2.43. The molecule has 0 aliphatic carbocycles. The van der Waals surface area contributed by atoms with Gasteiger partial charge in [-0.25, -0.2) is 0 Å². The average molecular weight is 488 g/mol. The van der Waals surface area contributed by atoms with Crippen molar-refractivity contribution in [2.24, 2.45) is 11.3 Å². The van der Waals surface area contributed by atoms with Crippen LogP contribution < -0.4 is 9.64 Å². The number of fused-ring (bicyclic) bond motifs is 1. The van der Waals surface area contributed by atoms with Crippen LogP contribution in [0.5, 0.6) is 5.75 Å². The van der Waals surface area contributed by atoms with Gasteiger partial charge in [-0.1, -0.05) is 18.2 Å². The number of piperidine rings is 1. The molecule has 2 aliphatic heterocycles. The number of nitrogens with zero attached hydrogens (tertiary/aromatic N) is 3. The number of aliphatic hydroxyl groups is 1. The van der Waals surface area contributed by atoms with Gasteiger partial charge in [0, 0.05) is 43.7 Å². The summed E-state index contributed by atoms with van der Waals surface area (Å²) in [5, 5.41) is 19.4.